The minimum absolute atomic E-state index is 0.00777. The Bertz CT molecular complexity index is 1410. The van der Waals surface area contributed by atoms with Gasteiger partial charge in [-0.25, -0.2) is 27.6 Å². The second-order valence-corrected chi connectivity index (χ2v) is 16.4. The highest BCUT2D eigenvalue weighted by molar-refractivity contribution is 7.91. The highest BCUT2D eigenvalue weighted by Gasteiger charge is 2.32. The molecule has 0 aliphatic carbocycles. The summed E-state index contributed by atoms with van der Waals surface area (Å²) in [5.74, 6) is 1.14. The number of urea groups is 3. The molecule has 2 N–H and O–H groups in total. The molecule has 18 heteroatoms. The van der Waals surface area contributed by atoms with E-state index in [1.54, 1.807) is 15.9 Å². The number of carbonyl (C=O) groups is 4. The van der Waals surface area contributed by atoms with E-state index in [0.717, 1.165) is 12.2 Å². The molecule has 0 saturated carbocycles. The number of sulfone groups is 1. The Hall–Kier alpha value is -3.80. The summed E-state index contributed by atoms with van der Waals surface area (Å²) in [4.78, 5) is 58.6. The van der Waals surface area contributed by atoms with E-state index in [4.69, 9.17) is 14.4 Å². The van der Waals surface area contributed by atoms with Crippen LogP contribution in [0.5, 0.6) is 0 Å². The maximum absolute atomic E-state index is 12.9. The van der Waals surface area contributed by atoms with Crippen LogP contribution >= 0.6 is 0 Å². The van der Waals surface area contributed by atoms with Gasteiger partial charge < -0.3 is 43.8 Å². The van der Waals surface area contributed by atoms with Gasteiger partial charge in [-0.05, 0) is 26.7 Å². The number of nitrogens with one attached hydrogen (secondary N) is 1. The third kappa shape index (κ3) is 10.8. The number of ether oxygens (including phenoxy) is 1. The summed E-state index contributed by atoms with van der Waals surface area (Å²) in [6.45, 7) is 15.5. The number of carbonyl (C=O) groups excluding carboxylic acids is 3. The molecule has 0 aromatic carbocycles. The van der Waals surface area contributed by atoms with E-state index in [9.17, 15) is 27.6 Å². The maximum atomic E-state index is 12.9. The first-order valence-corrected chi connectivity index (χ1v) is 18.8. The monoisotopic (exact) mass is 712 g/mol. The van der Waals surface area contributed by atoms with E-state index in [0.29, 0.717) is 77.7 Å². The molecule has 0 unspecified atom stereocenters. The molecular weight excluding hydrogens is 660 g/mol. The molecule has 17 nitrogen and oxygen atoms in total. The first-order chi connectivity index (χ1) is 23.0. The molecule has 1 aromatic heterocycles. The highest BCUT2D eigenvalue weighted by Crippen LogP contribution is 2.24. The number of nitrogens with zero attached hydrogens (tertiary/aromatic N) is 7. The summed E-state index contributed by atoms with van der Waals surface area (Å²) in [7, 11) is -3.01. The average Bonchev–Trinajstić information content (AvgIpc) is 3.21. The number of aromatic nitrogens is 1. The Morgan fingerprint density at radius 2 is 1.22 bits per heavy atom. The van der Waals surface area contributed by atoms with Gasteiger partial charge >= 0.3 is 24.2 Å². The van der Waals surface area contributed by atoms with E-state index in [1.165, 1.54) is 9.80 Å². The predicted octanol–water partition coefficient (Wildman–Crippen LogP) is 2.26. The van der Waals surface area contributed by atoms with Gasteiger partial charge in [0.25, 0.3) is 0 Å². The van der Waals surface area contributed by atoms with Crippen LogP contribution in [0.25, 0.3) is 0 Å². The van der Waals surface area contributed by atoms with Gasteiger partial charge in [0.1, 0.15) is 5.76 Å². The Morgan fingerprint density at radius 1 is 0.755 bits per heavy atom. The van der Waals surface area contributed by atoms with Crippen LogP contribution in [0.4, 0.5) is 25.0 Å². The maximum Gasteiger partial charge on any atom is 0.407 e. The number of hydrogen-bond acceptors (Lipinski definition) is 9. The van der Waals surface area contributed by atoms with Crippen LogP contribution in [0.15, 0.2) is 10.6 Å². The molecule has 0 radical (unpaired) electrons. The third-order valence-corrected chi connectivity index (χ3v) is 10.5. The van der Waals surface area contributed by atoms with E-state index in [2.05, 4.69) is 10.5 Å². The van der Waals surface area contributed by atoms with Gasteiger partial charge in [-0.1, -0.05) is 25.9 Å². The molecule has 0 spiro atoms. The lowest BCUT2D eigenvalue weighted by atomic mass is 9.93. The van der Waals surface area contributed by atoms with Crippen molar-refractivity contribution in [3.63, 3.8) is 0 Å². The van der Waals surface area contributed by atoms with Crippen LogP contribution in [0.1, 0.15) is 53.2 Å². The Balaban J connectivity index is 0.000000237. The second kappa shape index (κ2) is 16.3. The van der Waals surface area contributed by atoms with Crippen molar-refractivity contribution >= 4 is 39.8 Å². The van der Waals surface area contributed by atoms with E-state index < -0.39 is 15.9 Å². The lowest BCUT2D eigenvalue weighted by Gasteiger charge is -2.38. The zero-order chi connectivity index (χ0) is 35.9. The average molecular weight is 713 g/mol. The van der Waals surface area contributed by atoms with Crippen molar-refractivity contribution in [1.82, 2.24) is 34.6 Å². The van der Waals surface area contributed by atoms with E-state index in [-0.39, 0.29) is 60.3 Å². The fraction of sp³-hybridized carbons (Fsp3) is 0.774. The first-order valence-electron chi connectivity index (χ1n) is 17.0. The Kier molecular flexibility index (Phi) is 12.6. The predicted molar refractivity (Wildman–Crippen MR) is 180 cm³/mol. The Morgan fingerprint density at radius 3 is 1.76 bits per heavy atom. The van der Waals surface area contributed by atoms with Crippen LogP contribution in [0, 0.1) is 0 Å². The van der Waals surface area contributed by atoms with Crippen molar-refractivity contribution in [3.8, 4) is 0 Å². The molecule has 276 valence electrons. The zero-order valence-corrected chi connectivity index (χ0v) is 30.1. The molecule has 1 aromatic rings. The Labute approximate surface area is 288 Å². The van der Waals surface area contributed by atoms with Crippen molar-refractivity contribution in [3.05, 3.63) is 11.8 Å². The van der Waals surface area contributed by atoms with Gasteiger partial charge in [0.05, 0.1) is 23.7 Å². The molecule has 7 amide bonds. The molecule has 49 heavy (non-hydrogen) atoms. The number of rotatable bonds is 1. The smallest absolute Gasteiger partial charge is 0.407 e. The van der Waals surface area contributed by atoms with Gasteiger partial charge in [0, 0.05) is 90.0 Å². The lowest BCUT2D eigenvalue weighted by molar-refractivity contribution is -0.0580. The molecule has 4 fully saturated rings. The number of morpholine rings is 1. The second-order valence-electron chi connectivity index (χ2n) is 14.1. The largest absolute Gasteiger partial charge is 0.465 e. The topological polar surface area (TPSA) is 189 Å². The van der Waals surface area contributed by atoms with Gasteiger partial charge in [-0.15, -0.1) is 0 Å². The molecule has 4 aliphatic rings. The third-order valence-electron chi connectivity index (χ3n) is 8.88. The van der Waals surface area contributed by atoms with Crippen molar-refractivity contribution in [2.45, 2.75) is 65.1 Å². The summed E-state index contributed by atoms with van der Waals surface area (Å²) in [6, 6.07) is 1.38. The van der Waals surface area contributed by atoms with Crippen molar-refractivity contribution in [2.75, 3.05) is 95.4 Å². The van der Waals surface area contributed by atoms with Crippen LogP contribution < -0.4 is 5.32 Å². The molecule has 5 heterocycles. The van der Waals surface area contributed by atoms with E-state index >= 15 is 0 Å². The summed E-state index contributed by atoms with van der Waals surface area (Å²) >= 11 is 0. The van der Waals surface area contributed by atoms with Gasteiger partial charge in [0.15, 0.2) is 15.7 Å². The number of anilines is 1. The van der Waals surface area contributed by atoms with Gasteiger partial charge in [-0.2, -0.15) is 0 Å². The molecule has 0 bridgehead atoms. The normalized spacial score (nSPS) is 23.5. The fourth-order valence-electron chi connectivity index (χ4n) is 6.13. The van der Waals surface area contributed by atoms with Crippen LogP contribution in [-0.4, -0.2) is 175 Å². The number of carboxylic acid groups (broad SMARTS) is 1. The van der Waals surface area contributed by atoms with Crippen molar-refractivity contribution in [1.29, 1.82) is 0 Å². The summed E-state index contributed by atoms with van der Waals surface area (Å²) < 4.78 is 33.7. The first kappa shape index (κ1) is 38.0. The minimum Gasteiger partial charge on any atom is -0.465 e. The fourth-order valence-corrected chi connectivity index (χ4v) is 7.33. The molecule has 4 aliphatic heterocycles. The summed E-state index contributed by atoms with van der Waals surface area (Å²) in [5, 5.41) is 15.7. The summed E-state index contributed by atoms with van der Waals surface area (Å²) in [5.41, 5.74) is -0.173. The van der Waals surface area contributed by atoms with Gasteiger partial charge in [-0.3, -0.25) is 5.32 Å². The van der Waals surface area contributed by atoms with Crippen molar-refractivity contribution in [2.24, 2.45) is 0 Å². The molecular formula is C31H52N8O9S. The highest BCUT2D eigenvalue weighted by atomic mass is 32.2. The molecule has 5 rings (SSSR count). The SMILES string of the molecule is C[C@@H]1CN(C(=O)N2CCCN(C(=O)Nc3cc(C(C)(C)C)on3)CC2)C[C@H](C)O1.O=C(O)N1CCCN(C(=O)N2CCS(=O)(=O)CC2)CC1. The number of amides is 7. The van der Waals surface area contributed by atoms with E-state index in [1.807, 2.05) is 44.4 Å². The standard InChI is InChI=1S/C20H33N5O4.C11H19N3O5S/c1-14-12-25(13-15(2)28-14)19(27)24-8-6-7-23(9-10-24)18(26)21-17-11-16(29-22-17)20(3,4)5;15-10(13-6-8-20(18,19)9-7-13)12-2-1-3-14(5-4-12)11(16)17/h11,14-15H,6-10,12-13H2,1-5H3,(H,21,22,26);1-9H2,(H,16,17)/t14-,15+;. The van der Waals surface area contributed by atoms with Crippen molar-refractivity contribution < 1.29 is 42.0 Å². The molecule has 2 atom stereocenters. The van der Waals surface area contributed by atoms with Crippen LogP contribution in [-0.2, 0) is 20.0 Å². The number of hydrogen-bond donors (Lipinski definition) is 2. The zero-order valence-electron chi connectivity index (χ0n) is 29.3. The van der Waals surface area contributed by atoms with Gasteiger partial charge in [0.2, 0.25) is 0 Å². The van der Waals surface area contributed by atoms with Crippen LogP contribution in [0.3, 0.4) is 0 Å². The minimum atomic E-state index is -3.01. The summed E-state index contributed by atoms with van der Waals surface area (Å²) in [6.07, 6.45) is 0.448. The van der Waals surface area contributed by atoms with Crippen LogP contribution in [0.2, 0.25) is 0 Å². The quantitative estimate of drug-likeness (QED) is 0.437. The molecule has 4 saturated heterocycles. The lowest BCUT2D eigenvalue weighted by Crippen LogP contribution is -2.53.